The fourth-order valence-corrected chi connectivity index (χ4v) is 4.55. The van der Waals surface area contributed by atoms with Crippen molar-refractivity contribution in [2.24, 2.45) is 0 Å². The van der Waals surface area contributed by atoms with Gasteiger partial charge in [0.15, 0.2) is 0 Å². The summed E-state index contributed by atoms with van der Waals surface area (Å²) in [5, 5.41) is 15.9. The number of halogens is 1. The second-order valence-corrected chi connectivity index (χ2v) is 8.14. The first-order valence-electron chi connectivity index (χ1n) is 10.2. The molecule has 0 aliphatic carbocycles. The molecule has 27 heavy (non-hydrogen) atoms. The predicted octanol–water partition coefficient (Wildman–Crippen LogP) is 6.69. The Balaban J connectivity index is 2.04. The number of rotatable bonds is 9. The van der Waals surface area contributed by atoms with Crippen LogP contribution in [0.3, 0.4) is 0 Å². The molecule has 1 unspecified atom stereocenters. The second kappa shape index (κ2) is 9.68. The minimum absolute atomic E-state index is 0.499. The summed E-state index contributed by atoms with van der Waals surface area (Å²) < 4.78 is 1.11. The van der Waals surface area contributed by atoms with Crippen LogP contribution in [0, 0.1) is 0 Å². The fraction of sp³-hybridized carbons (Fsp3) is 0.417. The van der Waals surface area contributed by atoms with Gasteiger partial charge in [-0.1, -0.05) is 75.2 Å². The van der Waals surface area contributed by atoms with Gasteiger partial charge in [0.25, 0.3) is 0 Å². The Morgan fingerprint density at radius 3 is 1.70 bits per heavy atom. The molecule has 1 atom stereocenters. The van der Waals surface area contributed by atoms with E-state index in [-0.39, 0.29) is 0 Å². The van der Waals surface area contributed by atoms with Gasteiger partial charge in [0.1, 0.15) is 0 Å². The van der Waals surface area contributed by atoms with Gasteiger partial charge >= 0.3 is 0 Å². The number of hydrogen-bond donors (Lipinski definition) is 1. The number of fused-ring (bicyclic) bond motifs is 2. The summed E-state index contributed by atoms with van der Waals surface area (Å²) in [6, 6.07) is 16.8. The van der Waals surface area contributed by atoms with Crippen LogP contribution in [0.1, 0.15) is 51.2 Å². The summed E-state index contributed by atoms with van der Waals surface area (Å²) in [5.41, 5.74) is 1.06. The van der Waals surface area contributed by atoms with Crippen molar-refractivity contribution in [3.05, 3.63) is 58.6 Å². The lowest BCUT2D eigenvalue weighted by Crippen LogP contribution is -2.31. The molecule has 0 bridgehead atoms. The normalized spacial score (nSPS) is 12.9. The first kappa shape index (κ1) is 20.3. The molecule has 144 valence electrons. The van der Waals surface area contributed by atoms with E-state index in [1.807, 2.05) is 0 Å². The summed E-state index contributed by atoms with van der Waals surface area (Å²) in [6.45, 7) is 7.25. The molecule has 3 rings (SSSR count). The molecule has 0 spiro atoms. The van der Waals surface area contributed by atoms with Gasteiger partial charge in [-0.2, -0.15) is 0 Å². The van der Waals surface area contributed by atoms with Gasteiger partial charge in [-0.05, 0) is 69.0 Å². The number of benzene rings is 3. The van der Waals surface area contributed by atoms with Crippen LogP contribution in [-0.4, -0.2) is 29.6 Å². The molecular formula is C24H30BrNO. The number of hydrogen-bond acceptors (Lipinski definition) is 2. The lowest BCUT2D eigenvalue weighted by Gasteiger charge is -2.27. The third kappa shape index (κ3) is 4.53. The molecule has 0 heterocycles. The molecule has 3 heteroatoms. The Morgan fingerprint density at radius 1 is 0.815 bits per heavy atom. The van der Waals surface area contributed by atoms with Crippen LogP contribution >= 0.6 is 15.9 Å². The van der Waals surface area contributed by atoms with Crippen molar-refractivity contribution >= 4 is 37.5 Å². The quantitative estimate of drug-likeness (QED) is 0.384. The van der Waals surface area contributed by atoms with Crippen molar-refractivity contribution in [2.45, 2.75) is 45.6 Å². The average Bonchev–Trinajstić information content (AvgIpc) is 2.70. The maximum absolute atomic E-state index is 11.3. The highest BCUT2D eigenvalue weighted by Gasteiger charge is 2.20. The fourth-order valence-electron chi connectivity index (χ4n) is 3.86. The van der Waals surface area contributed by atoms with Crippen molar-refractivity contribution in [3.63, 3.8) is 0 Å². The van der Waals surface area contributed by atoms with Crippen LogP contribution in [0.4, 0.5) is 0 Å². The summed E-state index contributed by atoms with van der Waals surface area (Å²) >= 11 is 3.79. The molecule has 3 aromatic rings. The minimum atomic E-state index is -0.499. The molecule has 2 nitrogen and oxygen atoms in total. The van der Waals surface area contributed by atoms with Crippen molar-refractivity contribution in [1.29, 1.82) is 0 Å². The average molecular weight is 428 g/mol. The van der Waals surface area contributed by atoms with E-state index >= 15 is 0 Å². The highest BCUT2D eigenvalue weighted by atomic mass is 79.9. The summed E-state index contributed by atoms with van der Waals surface area (Å²) in [4.78, 5) is 2.43. The Labute approximate surface area is 171 Å². The Kier molecular flexibility index (Phi) is 7.28. The first-order valence-corrected chi connectivity index (χ1v) is 11.0. The van der Waals surface area contributed by atoms with Gasteiger partial charge in [0.05, 0.1) is 6.10 Å². The van der Waals surface area contributed by atoms with Crippen LogP contribution in [0.15, 0.2) is 53.0 Å². The van der Waals surface area contributed by atoms with Crippen LogP contribution in [-0.2, 0) is 0 Å². The van der Waals surface area contributed by atoms with E-state index in [2.05, 4.69) is 83.2 Å². The smallest absolute Gasteiger partial charge is 0.0928 e. The minimum Gasteiger partial charge on any atom is -0.387 e. The third-order valence-corrected chi connectivity index (χ3v) is 6.18. The standard InChI is InChI=1S/C24H30BrNO/c1-3-5-15-26(16-6-4-2)17-22(27)23-18-11-7-9-13-20(18)24(25)21-14-10-8-12-19(21)23/h7-14,22,27H,3-6,15-17H2,1-2H3. The highest BCUT2D eigenvalue weighted by Crippen LogP contribution is 2.39. The first-order chi connectivity index (χ1) is 13.2. The summed E-state index contributed by atoms with van der Waals surface area (Å²) in [7, 11) is 0. The Hall–Kier alpha value is -1.42. The van der Waals surface area contributed by atoms with Gasteiger partial charge in [0, 0.05) is 11.0 Å². The molecular weight excluding hydrogens is 398 g/mol. The SMILES string of the molecule is CCCCN(CCCC)CC(O)c1c2ccccc2c(Br)c2ccccc12. The van der Waals surface area contributed by atoms with Crippen LogP contribution in [0.2, 0.25) is 0 Å². The topological polar surface area (TPSA) is 23.5 Å². The van der Waals surface area contributed by atoms with Crippen LogP contribution < -0.4 is 0 Å². The Bertz CT molecular complexity index is 827. The van der Waals surface area contributed by atoms with Crippen molar-refractivity contribution < 1.29 is 5.11 Å². The number of nitrogens with zero attached hydrogens (tertiary/aromatic N) is 1. The maximum atomic E-state index is 11.3. The zero-order chi connectivity index (χ0) is 19.2. The highest BCUT2D eigenvalue weighted by molar-refractivity contribution is 9.10. The number of aliphatic hydroxyl groups excluding tert-OH is 1. The lowest BCUT2D eigenvalue weighted by atomic mass is 9.93. The molecule has 0 amide bonds. The van der Waals surface area contributed by atoms with Gasteiger partial charge in [-0.3, -0.25) is 0 Å². The monoisotopic (exact) mass is 427 g/mol. The van der Waals surface area contributed by atoms with E-state index in [0.29, 0.717) is 6.54 Å². The largest absolute Gasteiger partial charge is 0.387 e. The van der Waals surface area contributed by atoms with E-state index in [0.717, 1.165) is 33.9 Å². The van der Waals surface area contributed by atoms with E-state index in [9.17, 15) is 5.11 Å². The second-order valence-electron chi connectivity index (χ2n) is 7.34. The molecule has 3 aromatic carbocycles. The summed E-state index contributed by atoms with van der Waals surface area (Å²) in [5.74, 6) is 0. The summed E-state index contributed by atoms with van der Waals surface area (Å²) in [6.07, 6.45) is 4.23. The molecule has 0 saturated carbocycles. The van der Waals surface area contributed by atoms with Gasteiger partial charge < -0.3 is 10.0 Å². The van der Waals surface area contributed by atoms with E-state index in [1.165, 1.54) is 36.5 Å². The van der Waals surface area contributed by atoms with Crippen molar-refractivity contribution in [1.82, 2.24) is 4.90 Å². The maximum Gasteiger partial charge on any atom is 0.0928 e. The number of unbranched alkanes of at least 4 members (excludes halogenated alkanes) is 2. The lowest BCUT2D eigenvalue weighted by molar-refractivity contribution is 0.113. The molecule has 0 aliphatic heterocycles. The molecule has 0 aromatic heterocycles. The zero-order valence-corrected chi connectivity index (χ0v) is 18.0. The third-order valence-electron chi connectivity index (χ3n) is 5.33. The Morgan fingerprint density at radius 2 is 1.26 bits per heavy atom. The van der Waals surface area contributed by atoms with Crippen LogP contribution in [0.25, 0.3) is 21.5 Å². The van der Waals surface area contributed by atoms with Gasteiger partial charge in [0.2, 0.25) is 0 Å². The van der Waals surface area contributed by atoms with E-state index < -0.39 is 6.10 Å². The number of aliphatic hydroxyl groups is 1. The molecule has 1 N–H and O–H groups in total. The van der Waals surface area contributed by atoms with Gasteiger partial charge in [-0.15, -0.1) is 0 Å². The van der Waals surface area contributed by atoms with Crippen molar-refractivity contribution in [2.75, 3.05) is 19.6 Å². The van der Waals surface area contributed by atoms with E-state index in [1.54, 1.807) is 0 Å². The zero-order valence-electron chi connectivity index (χ0n) is 16.4. The molecule has 0 aliphatic rings. The van der Waals surface area contributed by atoms with Crippen LogP contribution in [0.5, 0.6) is 0 Å². The van der Waals surface area contributed by atoms with Crippen molar-refractivity contribution in [3.8, 4) is 0 Å². The van der Waals surface area contributed by atoms with Gasteiger partial charge in [-0.25, -0.2) is 0 Å². The molecule has 0 radical (unpaired) electrons. The predicted molar refractivity (Wildman–Crippen MR) is 120 cm³/mol. The molecule has 0 saturated heterocycles. The molecule has 0 fully saturated rings. The van der Waals surface area contributed by atoms with E-state index in [4.69, 9.17) is 0 Å².